The first-order valence-electron chi connectivity index (χ1n) is 8.42. The van der Waals surface area contributed by atoms with Gasteiger partial charge in [0.05, 0.1) is 18.1 Å². The van der Waals surface area contributed by atoms with E-state index in [4.69, 9.17) is 16.3 Å². The first-order valence-corrected chi connectivity index (χ1v) is 8.79. The molecule has 0 bridgehead atoms. The fraction of sp³-hybridized carbons (Fsp3) is 0.556. The summed E-state index contributed by atoms with van der Waals surface area (Å²) in [5.41, 5.74) is -0.258. The molecule has 1 unspecified atom stereocenters. The number of rotatable bonds is 7. The number of nitrogens with one attached hydrogen (secondary N) is 3. The lowest BCUT2D eigenvalue weighted by molar-refractivity contribution is -0.121. The maximum atomic E-state index is 11.9. The van der Waals surface area contributed by atoms with Crippen molar-refractivity contribution in [3.8, 4) is 5.75 Å². The highest BCUT2D eigenvalue weighted by molar-refractivity contribution is 6.32. The minimum absolute atomic E-state index is 0.0677. The maximum Gasteiger partial charge on any atom is 0.239 e. The topological polar surface area (TPSA) is 74.8 Å². The average Bonchev–Trinajstić information content (AvgIpc) is 2.53. The van der Waals surface area contributed by atoms with Gasteiger partial charge in [-0.25, -0.2) is 0 Å². The van der Waals surface area contributed by atoms with E-state index in [1.807, 2.05) is 45.9 Å². The molecule has 0 radical (unpaired) electrons. The molecule has 0 spiro atoms. The Labute approximate surface area is 155 Å². The van der Waals surface area contributed by atoms with Crippen molar-refractivity contribution in [2.45, 2.75) is 45.8 Å². The van der Waals surface area contributed by atoms with Crippen LogP contribution in [0.3, 0.4) is 0 Å². The van der Waals surface area contributed by atoms with Gasteiger partial charge in [0, 0.05) is 12.6 Å². The van der Waals surface area contributed by atoms with Crippen LogP contribution in [0.1, 0.15) is 34.1 Å². The van der Waals surface area contributed by atoms with Crippen molar-refractivity contribution >= 4 is 23.5 Å². The Balaban J connectivity index is 2.47. The molecule has 1 aromatic carbocycles. The highest BCUT2D eigenvalue weighted by Gasteiger charge is 2.15. The molecule has 1 atom stereocenters. The third-order valence-electron chi connectivity index (χ3n) is 3.24. The van der Waals surface area contributed by atoms with Crippen molar-refractivity contribution in [1.29, 1.82) is 0 Å². The van der Waals surface area contributed by atoms with Crippen LogP contribution in [0.2, 0.25) is 5.02 Å². The average molecular weight is 369 g/mol. The van der Waals surface area contributed by atoms with E-state index in [2.05, 4.69) is 20.9 Å². The molecule has 1 amide bonds. The van der Waals surface area contributed by atoms with Crippen LogP contribution in [0.5, 0.6) is 5.75 Å². The van der Waals surface area contributed by atoms with Gasteiger partial charge < -0.3 is 20.7 Å². The second-order valence-corrected chi connectivity index (χ2v) is 7.09. The predicted molar refractivity (Wildman–Crippen MR) is 103 cm³/mol. The van der Waals surface area contributed by atoms with Gasteiger partial charge >= 0.3 is 0 Å². The summed E-state index contributed by atoms with van der Waals surface area (Å²) in [6.07, 6.45) is 0.738. The van der Waals surface area contributed by atoms with E-state index in [1.165, 1.54) is 0 Å². The van der Waals surface area contributed by atoms with E-state index in [0.717, 1.165) is 6.42 Å². The number of hydrogen-bond acceptors (Lipinski definition) is 3. The van der Waals surface area contributed by atoms with Crippen LogP contribution >= 0.6 is 11.6 Å². The Kier molecular flexibility index (Phi) is 8.55. The number of aliphatic imine (C=N–C) groups is 1. The number of benzene rings is 1. The zero-order valence-corrected chi connectivity index (χ0v) is 16.4. The molecule has 0 fully saturated rings. The minimum Gasteiger partial charge on any atom is -0.487 e. The molecule has 1 rings (SSSR count). The van der Waals surface area contributed by atoms with Gasteiger partial charge in [-0.2, -0.15) is 0 Å². The van der Waals surface area contributed by atoms with Gasteiger partial charge in [0.2, 0.25) is 5.91 Å². The SMILES string of the molecule is CCC(CNC(=NC)NCC(=O)NC(C)(C)C)Oc1ccccc1Cl. The summed E-state index contributed by atoms with van der Waals surface area (Å²) >= 11 is 6.13. The van der Waals surface area contributed by atoms with E-state index in [1.54, 1.807) is 13.1 Å². The first-order chi connectivity index (χ1) is 11.7. The van der Waals surface area contributed by atoms with Crippen molar-refractivity contribution in [2.75, 3.05) is 20.1 Å². The molecule has 6 nitrogen and oxygen atoms in total. The smallest absolute Gasteiger partial charge is 0.239 e. The Morgan fingerprint density at radius 3 is 2.52 bits per heavy atom. The number of amides is 1. The van der Waals surface area contributed by atoms with Crippen molar-refractivity contribution in [1.82, 2.24) is 16.0 Å². The molecule has 1 aromatic rings. The summed E-state index contributed by atoms with van der Waals surface area (Å²) in [5.74, 6) is 1.12. The van der Waals surface area contributed by atoms with Gasteiger partial charge in [0.1, 0.15) is 11.9 Å². The first kappa shape index (κ1) is 21.1. The van der Waals surface area contributed by atoms with Crippen molar-refractivity contribution in [2.24, 2.45) is 4.99 Å². The fourth-order valence-corrected chi connectivity index (χ4v) is 2.23. The molecule has 0 heterocycles. The second-order valence-electron chi connectivity index (χ2n) is 6.68. The van der Waals surface area contributed by atoms with Crippen LogP contribution < -0.4 is 20.7 Å². The van der Waals surface area contributed by atoms with Crippen LogP contribution in [0.25, 0.3) is 0 Å². The standard InChI is InChI=1S/C18H29ClN4O2/c1-6-13(25-15-10-8-7-9-14(15)19)11-21-17(20-5)22-12-16(24)23-18(2,3)4/h7-10,13H,6,11-12H2,1-5H3,(H,23,24)(H2,20,21,22). The monoisotopic (exact) mass is 368 g/mol. The Bertz CT molecular complexity index is 585. The molecule has 25 heavy (non-hydrogen) atoms. The minimum atomic E-state index is -0.258. The molecule has 0 saturated heterocycles. The zero-order chi connectivity index (χ0) is 18.9. The number of ether oxygens (including phenoxy) is 1. The Morgan fingerprint density at radius 1 is 1.28 bits per heavy atom. The van der Waals surface area contributed by atoms with Crippen LogP contribution in [-0.2, 0) is 4.79 Å². The lowest BCUT2D eigenvalue weighted by Crippen LogP contribution is -2.49. The van der Waals surface area contributed by atoms with Crippen molar-refractivity contribution in [3.63, 3.8) is 0 Å². The summed E-state index contributed by atoms with van der Waals surface area (Å²) in [6, 6.07) is 7.39. The summed E-state index contributed by atoms with van der Waals surface area (Å²) < 4.78 is 5.92. The van der Waals surface area contributed by atoms with Gasteiger partial charge in [-0.3, -0.25) is 9.79 Å². The largest absolute Gasteiger partial charge is 0.487 e. The highest BCUT2D eigenvalue weighted by Crippen LogP contribution is 2.24. The van der Waals surface area contributed by atoms with Crippen LogP contribution in [0.4, 0.5) is 0 Å². The maximum absolute atomic E-state index is 11.9. The predicted octanol–water partition coefficient (Wildman–Crippen LogP) is 2.58. The molecular weight excluding hydrogens is 340 g/mol. The molecule has 140 valence electrons. The van der Waals surface area contributed by atoms with Gasteiger partial charge in [0.15, 0.2) is 5.96 Å². The molecule has 0 aliphatic heterocycles. The van der Waals surface area contributed by atoms with Crippen molar-refractivity contribution < 1.29 is 9.53 Å². The van der Waals surface area contributed by atoms with E-state index in [0.29, 0.717) is 23.3 Å². The Morgan fingerprint density at radius 2 is 1.96 bits per heavy atom. The number of carbonyl (C=O) groups excluding carboxylic acids is 1. The molecule has 0 aromatic heterocycles. The number of nitrogens with zero attached hydrogens (tertiary/aromatic N) is 1. The fourth-order valence-electron chi connectivity index (χ4n) is 2.05. The normalized spacial score (nSPS) is 13.1. The quantitative estimate of drug-likeness (QED) is 0.511. The van der Waals surface area contributed by atoms with Gasteiger partial charge in [-0.15, -0.1) is 0 Å². The van der Waals surface area contributed by atoms with Crippen LogP contribution in [-0.4, -0.2) is 43.6 Å². The third-order valence-corrected chi connectivity index (χ3v) is 3.55. The van der Waals surface area contributed by atoms with Crippen LogP contribution in [0.15, 0.2) is 29.3 Å². The zero-order valence-electron chi connectivity index (χ0n) is 15.6. The number of hydrogen-bond donors (Lipinski definition) is 3. The second kappa shape index (κ2) is 10.1. The third kappa shape index (κ3) is 8.63. The number of halogens is 1. The molecule has 3 N–H and O–H groups in total. The van der Waals surface area contributed by atoms with Gasteiger partial charge in [0.25, 0.3) is 0 Å². The molecule has 0 aliphatic rings. The number of para-hydroxylation sites is 1. The molecule has 7 heteroatoms. The van der Waals surface area contributed by atoms with E-state index in [-0.39, 0.29) is 24.1 Å². The van der Waals surface area contributed by atoms with E-state index in [9.17, 15) is 4.79 Å². The summed E-state index contributed by atoms with van der Waals surface area (Å²) in [4.78, 5) is 16.0. The van der Waals surface area contributed by atoms with Gasteiger partial charge in [-0.1, -0.05) is 30.7 Å². The van der Waals surface area contributed by atoms with Gasteiger partial charge in [-0.05, 0) is 39.3 Å². The van der Waals surface area contributed by atoms with Crippen molar-refractivity contribution in [3.05, 3.63) is 29.3 Å². The van der Waals surface area contributed by atoms with Crippen LogP contribution in [0, 0.1) is 0 Å². The summed E-state index contributed by atoms with van der Waals surface area (Å²) in [7, 11) is 1.66. The summed E-state index contributed by atoms with van der Waals surface area (Å²) in [6.45, 7) is 8.55. The lowest BCUT2D eigenvalue weighted by Gasteiger charge is -2.22. The van der Waals surface area contributed by atoms with E-state index >= 15 is 0 Å². The number of carbonyl (C=O) groups is 1. The van der Waals surface area contributed by atoms with E-state index < -0.39 is 0 Å². The number of guanidine groups is 1. The molecule has 0 aliphatic carbocycles. The Hall–Kier alpha value is -1.95. The molecule has 0 saturated carbocycles. The molecular formula is C18H29ClN4O2. The lowest BCUT2D eigenvalue weighted by atomic mass is 10.1. The summed E-state index contributed by atoms with van der Waals surface area (Å²) in [5, 5.41) is 9.64. The highest BCUT2D eigenvalue weighted by atomic mass is 35.5.